The van der Waals surface area contributed by atoms with E-state index < -0.39 is 11.9 Å². The second kappa shape index (κ2) is 4.68. The van der Waals surface area contributed by atoms with E-state index in [0.29, 0.717) is 18.2 Å². The molecule has 2 aliphatic rings. The summed E-state index contributed by atoms with van der Waals surface area (Å²) >= 11 is 0. The summed E-state index contributed by atoms with van der Waals surface area (Å²) in [5.74, 6) is 0.804. The lowest BCUT2D eigenvalue weighted by Gasteiger charge is -2.17. The number of aliphatic carboxylic acids is 1. The molecule has 0 spiro atoms. The number of fused-ring (bicyclic) bond motifs is 1. The third-order valence-electron chi connectivity index (χ3n) is 3.85. The SMILES string of the molecule is O=C(O)C1CCCn2nc(CC3CCNC3)nc21. The fraction of sp³-hybridized carbons (Fsp3) is 0.750. The molecule has 0 bridgehead atoms. The summed E-state index contributed by atoms with van der Waals surface area (Å²) in [5.41, 5.74) is 0. The van der Waals surface area contributed by atoms with Crippen LogP contribution >= 0.6 is 0 Å². The van der Waals surface area contributed by atoms with Gasteiger partial charge < -0.3 is 10.4 Å². The van der Waals surface area contributed by atoms with Crippen molar-refractivity contribution in [1.29, 1.82) is 0 Å². The van der Waals surface area contributed by atoms with E-state index in [1.54, 1.807) is 4.68 Å². The first kappa shape index (κ1) is 11.6. The third-order valence-corrected chi connectivity index (χ3v) is 3.85. The summed E-state index contributed by atoms with van der Waals surface area (Å²) in [4.78, 5) is 15.6. The summed E-state index contributed by atoms with van der Waals surface area (Å²) in [5, 5.41) is 17.0. The van der Waals surface area contributed by atoms with Crippen LogP contribution in [0.5, 0.6) is 0 Å². The molecule has 0 aliphatic carbocycles. The van der Waals surface area contributed by atoms with E-state index in [1.165, 1.54) is 0 Å². The first-order valence-electron chi connectivity index (χ1n) is 6.61. The number of hydrogen-bond donors (Lipinski definition) is 2. The smallest absolute Gasteiger partial charge is 0.314 e. The molecule has 3 rings (SSSR count). The van der Waals surface area contributed by atoms with Crippen LogP contribution in [-0.4, -0.2) is 38.9 Å². The number of carbonyl (C=O) groups is 1. The molecular weight excluding hydrogens is 232 g/mol. The molecule has 1 aromatic heterocycles. The Morgan fingerprint density at radius 1 is 1.50 bits per heavy atom. The molecule has 1 saturated heterocycles. The molecule has 0 radical (unpaired) electrons. The minimum absolute atomic E-state index is 0.471. The van der Waals surface area contributed by atoms with Gasteiger partial charge in [-0.2, -0.15) is 5.10 Å². The van der Waals surface area contributed by atoms with Gasteiger partial charge in [0.1, 0.15) is 11.7 Å². The second-order valence-electron chi connectivity index (χ2n) is 5.21. The Kier molecular flexibility index (Phi) is 3.03. The van der Waals surface area contributed by atoms with Crippen molar-refractivity contribution in [2.24, 2.45) is 5.92 Å². The highest BCUT2D eigenvalue weighted by molar-refractivity contribution is 5.75. The van der Waals surface area contributed by atoms with Crippen LogP contribution in [0.3, 0.4) is 0 Å². The van der Waals surface area contributed by atoms with E-state index in [2.05, 4.69) is 15.4 Å². The highest BCUT2D eigenvalue weighted by Crippen LogP contribution is 2.26. The van der Waals surface area contributed by atoms with Crippen LogP contribution in [0.25, 0.3) is 0 Å². The number of nitrogens with one attached hydrogen (secondary N) is 1. The molecule has 2 atom stereocenters. The lowest BCUT2D eigenvalue weighted by molar-refractivity contribution is -0.139. The number of carboxylic acids is 1. The molecule has 98 valence electrons. The first-order chi connectivity index (χ1) is 8.74. The van der Waals surface area contributed by atoms with Crippen LogP contribution in [0.15, 0.2) is 0 Å². The van der Waals surface area contributed by atoms with Crippen molar-refractivity contribution in [3.63, 3.8) is 0 Å². The lowest BCUT2D eigenvalue weighted by Crippen LogP contribution is -2.22. The predicted molar refractivity (Wildman–Crippen MR) is 64.3 cm³/mol. The van der Waals surface area contributed by atoms with Crippen LogP contribution in [0, 0.1) is 5.92 Å². The van der Waals surface area contributed by atoms with E-state index in [4.69, 9.17) is 0 Å². The molecule has 3 heterocycles. The van der Waals surface area contributed by atoms with E-state index in [9.17, 15) is 9.90 Å². The highest BCUT2D eigenvalue weighted by Gasteiger charge is 2.30. The summed E-state index contributed by atoms with van der Waals surface area (Å²) in [6.45, 7) is 2.89. The summed E-state index contributed by atoms with van der Waals surface area (Å²) in [6.07, 6.45) is 3.57. The number of rotatable bonds is 3. The number of aromatic nitrogens is 3. The maximum absolute atomic E-state index is 11.2. The van der Waals surface area contributed by atoms with Gasteiger partial charge >= 0.3 is 5.97 Å². The minimum Gasteiger partial charge on any atom is -0.481 e. The summed E-state index contributed by atoms with van der Waals surface area (Å²) in [6, 6.07) is 0. The van der Waals surface area contributed by atoms with Crippen LogP contribution < -0.4 is 5.32 Å². The van der Waals surface area contributed by atoms with Gasteiger partial charge in [0.25, 0.3) is 0 Å². The minimum atomic E-state index is -0.780. The number of nitrogens with zero attached hydrogens (tertiary/aromatic N) is 3. The van der Waals surface area contributed by atoms with Gasteiger partial charge in [0.05, 0.1) is 0 Å². The quantitative estimate of drug-likeness (QED) is 0.811. The fourth-order valence-corrected chi connectivity index (χ4v) is 2.87. The standard InChI is InChI=1S/C12H18N4O2/c17-12(18)9-2-1-5-16-11(9)14-10(15-16)6-8-3-4-13-7-8/h8-9,13H,1-7H2,(H,17,18). The molecular formula is C12H18N4O2. The fourth-order valence-electron chi connectivity index (χ4n) is 2.87. The van der Waals surface area contributed by atoms with Crippen molar-refractivity contribution < 1.29 is 9.90 Å². The van der Waals surface area contributed by atoms with Gasteiger partial charge in [-0.25, -0.2) is 9.67 Å². The summed E-state index contributed by atoms with van der Waals surface area (Å²) in [7, 11) is 0. The highest BCUT2D eigenvalue weighted by atomic mass is 16.4. The average molecular weight is 250 g/mol. The Hall–Kier alpha value is -1.43. The zero-order valence-corrected chi connectivity index (χ0v) is 10.3. The normalized spacial score (nSPS) is 27.1. The van der Waals surface area contributed by atoms with E-state index >= 15 is 0 Å². The van der Waals surface area contributed by atoms with Gasteiger partial charge in [-0.05, 0) is 38.3 Å². The lowest BCUT2D eigenvalue weighted by atomic mass is 9.99. The molecule has 2 aliphatic heterocycles. The second-order valence-corrected chi connectivity index (χ2v) is 5.21. The van der Waals surface area contributed by atoms with Gasteiger partial charge in [0, 0.05) is 13.0 Å². The van der Waals surface area contributed by atoms with Crippen molar-refractivity contribution in [1.82, 2.24) is 20.1 Å². The first-order valence-corrected chi connectivity index (χ1v) is 6.61. The maximum atomic E-state index is 11.2. The van der Waals surface area contributed by atoms with Gasteiger partial charge in [-0.15, -0.1) is 0 Å². The molecule has 0 amide bonds. The van der Waals surface area contributed by atoms with Crippen LogP contribution in [0.2, 0.25) is 0 Å². The van der Waals surface area contributed by atoms with E-state index in [0.717, 1.165) is 44.7 Å². The van der Waals surface area contributed by atoms with Gasteiger partial charge in [0.2, 0.25) is 0 Å². The number of aryl methyl sites for hydroxylation is 1. The van der Waals surface area contributed by atoms with Crippen LogP contribution in [0.1, 0.15) is 36.8 Å². The molecule has 0 aromatic carbocycles. The average Bonchev–Trinajstić information content (AvgIpc) is 2.96. The molecule has 6 nitrogen and oxygen atoms in total. The van der Waals surface area contributed by atoms with Crippen molar-refractivity contribution in [3.05, 3.63) is 11.6 Å². The van der Waals surface area contributed by atoms with Crippen molar-refractivity contribution in [2.75, 3.05) is 13.1 Å². The zero-order valence-electron chi connectivity index (χ0n) is 10.3. The molecule has 1 aromatic rings. The number of hydrogen-bond acceptors (Lipinski definition) is 4. The third kappa shape index (κ3) is 2.12. The monoisotopic (exact) mass is 250 g/mol. The zero-order chi connectivity index (χ0) is 12.5. The van der Waals surface area contributed by atoms with Gasteiger partial charge in [0.15, 0.2) is 5.82 Å². The van der Waals surface area contributed by atoms with E-state index in [-0.39, 0.29) is 0 Å². The van der Waals surface area contributed by atoms with Gasteiger partial charge in [-0.1, -0.05) is 0 Å². The molecule has 18 heavy (non-hydrogen) atoms. The molecule has 6 heteroatoms. The van der Waals surface area contributed by atoms with Crippen LogP contribution in [0.4, 0.5) is 0 Å². The van der Waals surface area contributed by atoms with Crippen LogP contribution in [-0.2, 0) is 17.8 Å². The molecule has 2 N–H and O–H groups in total. The Balaban J connectivity index is 1.79. The Bertz CT molecular complexity index is 451. The maximum Gasteiger partial charge on any atom is 0.314 e. The Morgan fingerprint density at radius 2 is 2.39 bits per heavy atom. The van der Waals surface area contributed by atoms with E-state index in [1.807, 2.05) is 0 Å². The largest absolute Gasteiger partial charge is 0.481 e. The molecule has 1 fully saturated rings. The van der Waals surface area contributed by atoms with Crippen molar-refractivity contribution >= 4 is 5.97 Å². The van der Waals surface area contributed by atoms with Crippen molar-refractivity contribution in [2.45, 2.75) is 38.1 Å². The predicted octanol–water partition coefficient (Wildman–Crippen LogP) is 0.392. The molecule has 0 saturated carbocycles. The van der Waals surface area contributed by atoms with Crippen molar-refractivity contribution in [3.8, 4) is 0 Å². The van der Waals surface area contributed by atoms with Gasteiger partial charge in [-0.3, -0.25) is 4.79 Å². The molecule has 2 unspecified atom stereocenters. The number of carboxylic acid groups (broad SMARTS) is 1. The Morgan fingerprint density at radius 3 is 3.11 bits per heavy atom. The topological polar surface area (TPSA) is 80.0 Å². The summed E-state index contributed by atoms with van der Waals surface area (Å²) < 4.78 is 1.79. The Labute approximate surface area is 105 Å².